The second kappa shape index (κ2) is 9.96. The van der Waals surface area contributed by atoms with Gasteiger partial charge in [0.05, 0.1) is 6.10 Å². The molecule has 1 aromatic rings. The highest BCUT2D eigenvalue weighted by molar-refractivity contribution is 5.87. The van der Waals surface area contributed by atoms with Crippen molar-refractivity contribution in [1.29, 1.82) is 0 Å². The van der Waals surface area contributed by atoms with Crippen LogP contribution in [0.25, 0.3) is 6.08 Å². The molecule has 9 atom stereocenters. The van der Waals surface area contributed by atoms with Crippen molar-refractivity contribution in [2.45, 2.75) is 125 Å². The van der Waals surface area contributed by atoms with Crippen LogP contribution in [0.1, 0.15) is 119 Å². The summed E-state index contributed by atoms with van der Waals surface area (Å²) in [6.45, 7) is 19.6. The van der Waals surface area contributed by atoms with Crippen LogP contribution in [0.15, 0.2) is 42.0 Å². The maximum Gasteiger partial charge on any atom is 0.331 e. The maximum atomic E-state index is 13.0. The lowest BCUT2D eigenvalue weighted by atomic mass is 9.34. The number of phenolic OH excluding ortho intramolecular Hbond substituents is 1. The molecule has 2 N–H and O–H groups in total. The minimum atomic E-state index is -0.281. The van der Waals surface area contributed by atoms with Crippen LogP contribution in [0.5, 0.6) is 5.75 Å². The van der Waals surface area contributed by atoms with Gasteiger partial charge in [0.2, 0.25) is 0 Å². The molecule has 0 heterocycles. The molecular formula is C39H56O4. The van der Waals surface area contributed by atoms with Gasteiger partial charge in [-0.05, 0) is 121 Å². The van der Waals surface area contributed by atoms with Gasteiger partial charge in [0.15, 0.2) is 0 Å². The number of hydrogen-bond donors (Lipinski definition) is 2. The minimum absolute atomic E-state index is 0.0290. The first-order chi connectivity index (χ1) is 20.0. The Hall–Kier alpha value is -2.07. The van der Waals surface area contributed by atoms with Gasteiger partial charge in [0.25, 0.3) is 0 Å². The van der Waals surface area contributed by atoms with E-state index in [9.17, 15) is 15.0 Å². The number of carbonyl (C=O) groups excluding carboxylic acids is 1. The first-order valence-electron chi connectivity index (χ1n) is 17.0. The monoisotopic (exact) mass is 588 g/mol. The van der Waals surface area contributed by atoms with Crippen molar-refractivity contribution < 1.29 is 19.7 Å². The van der Waals surface area contributed by atoms with Crippen LogP contribution in [0.4, 0.5) is 0 Å². The summed E-state index contributed by atoms with van der Waals surface area (Å²) in [5, 5.41) is 21.0. The number of aliphatic hydroxyl groups is 1. The number of rotatable bonds is 3. The molecular weight excluding hydrogens is 532 g/mol. The van der Waals surface area contributed by atoms with Crippen LogP contribution in [-0.4, -0.2) is 28.4 Å². The second-order valence-corrected chi connectivity index (χ2v) is 17.7. The summed E-state index contributed by atoms with van der Waals surface area (Å²) in [7, 11) is 0. The smallest absolute Gasteiger partial charge is 0.331 e. The number of ether oxygens (including phenoxy) is 1. The summed E-state index contributed by atoms with van der Waals surface area (Å²) in [5.41, 5.74) is 3.15. The zero-order chi connectivity index (χ0) is 31.2. The standard InChI is InChI=1S/C39H56O4/c1-34(2)23-30-38(7)20-16-28-36(5)22-18-32(43-33(42)14-11-25-9-12-26(40)13-10-25)35(3,4)27(36)15-19-37(28,6)29(38)17-21-39(30,8)31(41)24-34/h9-14,17,27-28,30-32,40-41H,15-16,18-24H2,1-8H3/t27-,28+,30-,31+,32-,36-,37+,38-,39+/m0/s1. The summed E-state index contributed by atoms with van der Waals surface area (Å²) < 4.78 is 6.20. The van der Waals surface area contributed by atoms with Crippen LogP contribution in [0.3, 0.4) is 0 Å². The molecule has 0 unspecified atom stereocenters. The Kier molecular flexibility index (Phi) is 7.17. The van der Waals surface area contributed by atoms with E-state index >= 15 is 0 Å². The Balaban J connectivity index is 1.24. The number of esters is 1. The van der Waals surface area contributed by atoms with E-state index in [4.69, 9.17) is 4.74 Å². The van der Waals surface area contributed by atoms with Crippen molar-refractivity contribution in [3.63, 3.8) is 0 Å². The van der Waals surface area contributed by atoms with Crippen LogP contribution < -0.4 is 0 Å². The average Bonchev–Trinajstić information content (AvgIpc) is 2.91. The molecule has 5 aliphatic rings. The Labute approximate surface area is 260 Å². The molecule has 0 saturated heterocycles. The molecule has 0 aromatic heterocycles. The number of allylic oxidation sites excluding steroid dienone is 2. The molecule has 4 nitrogen and oxygen atoms in total. The fourth-order valence-corrected chi connectivity index (χ4v) is 12.1. The molecule has 1 aromatic carbocycles. The third kappa shape index (κ3) is 4.67. The fraction of sp³-hybridized carbons (Fsp3) is 0.718. The van der Waals surface area contributed by atoms with Crippen molar-refractivity contribution in [3.8, 4) is 5.75 Å². The summed E-state index contributed by atoms with van der Waals surface area (Å²) >= 11 is 0. The van der Waals surface area contributed by atoms with Crippen LogP contribution in [0.2, 0.25) is 0 Å². The van der Waals surface area contributed by atoms with Gasteiger partial charge in [-0.1, -0.05) is 79.2 Å². The quantitative estimate of drug-likeness (QED) is 0.210. The van der Waals surface area contributed by atoms with E-state index in [2.05, 4.69) is 61.5 Å². The van der Waals surface area contributed by atoms with Crippen molar-refractivity contribution in [2.24, 2.45) is 50.2 Å². The van der Waals surface area contributed by atoms with E-state index in [1.54, 1.807) is 35.9 Å². The molecule has 0 radical (unpaired) electrons. The van der Waals surface area contributed by atoms with E-state index in [1.165, 1.54) is 31.8 Å². The summed E-state index contributed by atoms with van der Waals surface area (Å²) in [4.78, 5) is 13.0. The predicted octanol–water partition coefficient (Wildman–Crippen LogP) is 9.11. The Morgan fingerprint density at radius 2 is 1.44 bits per heavy atom. The number of aliphatic hydroxyl groups excluding tert-OH is 1. The van der Waals surface area contributed by atoms with Crippen LogP contribution in [-0.2, 0) is 9.53 Å². The topological polar surface area (TPSA) is 66.8 Å². The molecule has 236 valence electrons. The van der Waals surface area contributed by atoms with E-state index in [0.717, 1.165) is 37.7 Å². The van der Waals surface area contributed by atoms with Gasteiger partial charge in [-0.15, -0.1) is 0 Å². The van der Waals surface area contributed by atoms with E-state index in [0.29, 0.717) is 17.8 Å². The highest BCUT2D eigenvalue weighted by atomic mass is 16.5. The second-order valence-electron chi connectivity index (χ2n) is 17.7. The molecule has 0 bridgehead atoms. The van der Waals surface area contributed by atoms with Crippen molar-refractivity contribution in [2.75, 3.05) is 0 Å². The molecule has 0 spiro atoms. The maximum absolute atomic E-state index is 13.0. The molecule has 6 rings (SSSR count). The van der Waals surface area contributed by atoms with Crippen LogP contribution in [0, 0.1) is 50.2 Å². The zero-order valence-electron chi connectivity index (χ0n) is 28.0. The average molecular weight is 589 g/mol. The molecule has 43 heavy (non-hydrogen) atoms. The van der Waals surface area contributed by atoms with Gasteiger partial charge in [0, 0.05) is 16.9 Å². The van der Waals surface area contributed by atoms with E-state index in [1.807, 2.05) is 0 Å². The van der Waals surface area contributed by atoms with Gasteiger partial charge in [-0.3, -0.25) is 0 Å². The normalized spacial score (nSPS) is 44.8. The largest absolute Gasteiger partial charge is 0.508 e. The number of carbonyl (C=O) groups is 1. The molecule has 4 fully saturated rings. The van der Waals surface area contributed by atoms with Crippen LogP contribution >= 0.6 is 0 Å². The van der Waals surface area contributed by atoms with Gasteiger partial charge in [0.1, 0.15) is 11.9 Å². The lowest BCUT2D eigenvalue weighted by molar-refractivity contribution is -0.201. The molecule has 5 aliphatic carbocycles. The first-order valence-corrected chi connectivity index (χ1v) is 17.0. The Morgan fingerprint density at radius 3 is 2.12 bits per heavy atom. The van der Waals surface area contributed by atoms with E-state index < -0.39 is 0 Å². The fourth-order valence-electron chi connectivity index (χ4n) is 12.1. The number of benzene rings is 1. The molecule has 4 saturated carbocycles. The van der Waals surface area contributed by atoms with Gasteiger partial charge in [-0.2, -0.15) is 0 Å². The van der Waals surface area contributed by atoms with Gasteiger partial charge in [-0.25, -0.2) is 4.79 Å². The third-order valence-corrected chi connectivity index (χ3v) is 14.3. The highest BCUT2D eigenvalue weighted by Crippen LogP contribution is 2.75. The van der Waals surface area contributed by atoms with Crippen molar-refractivity contribution in [1.82, 2.24) is 0 Å². The zero-order valence-corrected chi connectivity index (χ0v) is 28.0. The number of phenols is 1. The van der Waals surface area contributed by atoms with Gasteiger partial charge < -0.3 is 14.9 Å². The van der Waals surface area contributed by atoms with E-state index in [-0.39, 0.29) is 56.4 Å². The number of fused-ring (bicyclic) bond motifs is 7. The first kappa shape index (κ1) is 30.9. The van der Waals surface area contributed by atoms with Crippen molar-refractivity contribution in [3.05, 3.63) is 47.6 Å². The SMILES string of the molecule is CC1(C)C[C@@H](O)[C@]2(C)CC=C3[C@](C)(CC[C@@H]4[C@@]5(C)CC[C@H](OC(=O)C=Cc6ccc(O)cc6)C(C)(C)[C@@H]5CC[C@@]34C)[C@@H]2C1. The molecule has 4 heteroatoms. The minimum Gasteiger partial charge on any atom is -0.508 e. The van der Waals surface area contributed by atoms with Crippen molar-refractivity contribution >= 4 is 12.0 Å². The summed E-state index contributed by atoms with van der Waals surface area (Å²) in [5.74, 6) is 1.57. The summed E-state index contributed by atoms with van der Waals surface area (Å²) in [6, 6.07) is 6.84. The molecule has 0 aliphatic heterocycles. The lowest BCUT2D eigenvalue weighted by Gasteiger charge is -2.70. The Morgan fingerprint density at radius 1 is 0.814 bits per heavy atom. The predicted molar refractivity (Wildman–Crippen MR) is 173 cm³/mol. The third-order valence-electron chi connectivity index (χ3n) is 14.3. The molecule has 0 amide bonds. The Bertz CT molecular complexity index is 1320. The highest BCUT2D eigenvalue weighted by Gasteiger charge is 2.68. The number of aromatic hydroxyl groups is 1. The number of hydrogen-bond acceptors (Lipinski definition) is 4. The summed E-state index contributed by atoms with van der Waals surface area (Å²) in [6.07, 6.45) is 15.5. The van der Waals surface area contributed by atoms with Gasteiger partial charge >= 0.3 is 5.97 Å². The lowest BCUT2D eigenvalue weighted by Crippen LogP contribution is -2.64.